The van der Waals surface area contributed by atoms with E-state index in [1.54, 1.807) is 11.4 Å². The predicted octanol–water partition coefficient (Wildman–Crippen LogP) is 1.71. The Morgan fingerprint density at radius 1 is 1.50 bits per heavy atom. The third-order valence-corrected chi connectivity index (χ3v) is 3.67. The molecule has 0 aliphatic heterocycles. The van der Waals surface area contributed by atoms with Crippen molar-refractivity contribution < 1.29 is 9.90 Å². The molecule has 0 unspecified atom stereocenters. The highest BCUT2D eigenvalue weighted by molar-refractivity contribution is 7.16. The van der Waals surface area contributed by atoms with E-state index in [2.05, 4.69) is 5.32 Å². The first-order valence-corrected chi connectivity index (χ1v) is 6.43. The van der Waals surface area contributed by atoms with Gasteiger partial charge in [0.25, 0.3) is 11.5 Å². The van der Waals surface area contributed by atoms with Crippen LogP contribution in [-0.4, -0.2) is 22.6 Å². The Labute approximate surface area is 108 Å². The molecule has 0 radical (unpaired) electrons. The van der Waals surface area contributed by atoms with Crippen molar-refractivity contribution in [2.75, 3.05) is 7.05 Å². The Balaban J connectivity index is 2.96. The normalized spacial score (nSPS) is 11.1. The van der Waals surface area contributed by atoms with Gasteiger partial charge in [0.2, 0.25) is 0 Å². The fourth-order valence-electron chi connectivity index (χ4n) is 1.92. The molecule has 2 rings (SSSR count). The average Bonchev–Trinajstić information content (AvgIpc) is 2.77. The van der Waals surface area contributed by atoms with Crippen LogP contribution >= 0.6 is 11.3 Å². The van der Waals surface area contributed by atoms with E-state index >= 15 is 0 Å². The van der Waals surface area contributed by atoms with Gasteiger partial charge in [-0.25, -0.2) is 0 Å². The molecular weight excluding hydrogens is 252 g/mol. The second-order valence-corrected chi connectivity index (χ2v) is 5.11. The molecule has 0 saturated heterocycles. The Morgan fingerprint density at radius 2 is 2.17 bits per heavy atom. The number of thiophene rings is 1. The van der Waals surface area contributed by atoms with Crippen molar-refractivity contribution in [1.29, 1.82) is 0 Å². The zero-order chi connectivity index (χ0) is 13.4. The molecule has 0 atom stereocenters. The van der Waals surface area contributed by atoms with E-state index in [0.29, 0.717) is 10.2 Å². The van der Waals surface area contributed by atoms with E-state index < -0.39 is 11.5 Å². The number of pyridine rings is 1. The molecule has 2 aromatic rings. The summed E-state index contributed by atoms with van der Waals surface area (Å²) < 4.78 is 1.53. The number of aromatic hydroxyl groups is 1. The lowest BCUT2D eigenvalue weighted by molar-refractivity contribution is 0.0958. The minimum atomic E-state index is -0.569. The van der Waals surface area contributed by atoms with Crippen LogP contribution in [0.4, 0.5) is 0 Å². The number of fused-ring (bicyclic) bond motifs is 1. The van der Waals surface area contributed by atoms with Crippen LogP contribution in [0.2, 0.25) is 0 Å². The van der Waals surface area contributed by atoms with Crippen molar-refractivity contribution in [2.45, 2.75) is 19.9 Å². The number of carbonyl (C=O) groups is 1. The Morgan fingerprint density at radius 3 is 2.72 bits per heavy atom. The third kappa shape index (κ3) is 1.69. The summed E-state index contributed by atoms with van der Waals surface area (Å²) in [6.07, 6.45) is 0. The molecule has 0 aromatic carbocycles. The van der Waals surface area contributed by atoms with Crippen LogP contribution < -0.4 is 10.9 Å². The van der Waals surface area contributed by atoms with Gasteiger partial charge in [-0.15, -0.1) is 11.3 Å². The number of nitrogens with zero attached hydrogens (tertiary/aromatic N) is 1. The summed E-state index contributed by atoms with van der Waals surface area (Å²) in [5, 5.41) is 14.8. The maximum absolute atomic E-state index is 12.3. The summed E-state index contributed by atoms with van der Waals surface area (Å²) in [6, 6.07) is 1.63. The first-order valence-electron chi connectivity index (χ1n) is 5.55. The van der Waals surface area contributed by atoms with Gasteiger partial charge in [-0.3, -0.25) is 14.2 Å². The van der Waals surface area contributed by atoms with Gasteiger partial charge in [-0.1, -0.05) is 0 Å². The highest BCUT2D eigenvalue weighted by Crippen LogP contribution is 2.31. The molecule has 2 aromatic heterocycles. The first kappa shape index (κ1) is 12.6. The highest BCUT2D eigenvalue weighted by atomic mass is 32.1. The molecule has 0 aliphatic carbocycles. The minimum Gasteiger partial charge on any atom is -0.506 e. The summed E-state index contributed by atoms with van der Waals surface area (Å²) in [5.41, 5.74) is -0.658. The van der Waals surface area contributed by atoms with Crippen molar-refractivity contribution in [3.8, 4) is 5.75 Å². The maximum Gasteiger partial charge on any atom is 0.268 e. The van der Waals surface area contributed by atoms with Gasteiger partial charge in [0.1, 0.15) is 16.1 Å². The molecule has 0 aliphatic rings. The van der Waals surface area contributed by atoms with E-state index in [0.717, 1.165) is 0 Å². The van der Waals surface area contributed by atoms with Crippen LogP contribution in [0.3, 0.4) is 0 Å². The largest absolute Gasteiger partial charge is 0.506 e. The smallest absolute Gasteiger partial charge is 0.268 e. The number of aromatic nitrogens is 1. The second kappa shape index (κ2) is 4.45. The van der Waals surface area contributed by atoms with Crippen molar-refractivity contribution in [2.24, 2.45) is 0 Å². The fraction of sp³-hybridized carbons (Fsp3) is 0.333. The molecule has 96 valence electrons. The highest BCUT2D eigenvalue weighted by Gasteiger charge is 2.22. The predicted molar refractivity (Wildman–Crippen MR) is 71.5 cm³/mol. The molecule has 0 spiro atoms. The lowest BCUT2D eigenvalue weighted by Gasteiger charge is -2.14. The van der Waals surface area contributed by atoms with E-state index in [1.807, 2.05) is 13.8 Å². The van der Waals surface area contributed by atoms with Gasteiger partial charge in [0.15, 0.2) is 0 Å². The van der Waals surface area contributed by atoms with E-state index in [4.69, 9.17) is 0 Å². The van der Waals surface area contributed by atoms with Crippen molar-refractivity contribution >= 4 is 27.5 Å². The molecule has 2 heterocycles. The molecule has 0 saturated carbocycles. The first-order chi connectivity index (χ1) is 8.49. The number of amides is 1. The average molecular weight is 266 g/mol. The zero-order valence-corrected chi connectivity index (χ0v) is 11.2. The van der Waals surface area contributed by atoms with E-state index in [-0.39, 0.29) is 17.4 Å². The third-order valence-electron chi connectivity index (χ3n) is 2.76. The summed E-state index contributed by atoms with van der Waals surface area (Å²) in [6.45, 7) is 3.73. The lowest BCUT2D eigenvalue weighted by atomic mass is 10.1. The molecule has 0 bridgehead atoms. The van der Waals surface area contributed by atoms with Crippen LogP contribution in [0.5, 0.6) is 5.75 Å². The van der Waals surface area contributed by atoms with Gasteiger partial charge in [-0.05, 0) is 25.3 Å². The number of rotatable bonds is 2. The summed E-state index contributed by atoms with van der Waals surface area (Å²) in [5.74, 6) is -0.812. The molecular formula is C12H14N2O3S. The van der Waals surface area contributed by atoms with Crippen molar-refractivity contribution in [3.63, 3.8) is 0 Å². The minimum absolute atomic E-state index is 0.0809. The Hall–Kier alpha value is -1.82. The van der Waals surface area contributed by atoms with E-state index in [1.165, 1.54) is 23.0 Å². The number of hydrogen-bond acceptors (Lipinski definition) is 4. The standard InChI is InChI=1S/C12H14N2O3S/c1-6(2)14-11(17)8(10(16)13-3)9(15)7-4-5-18-12(7)14/h4-6,15H,1-3H3,(H,13,16). The lowest BCUT2D eigenvalue weighted by Crippen LogP contribution is -2.32. The van der Waals surface area contributed by atoms with Crippen LogP contribution in [-0.2, 0) is 0 Å². The van der Waals surface area contributed by atoms with Gasteiger partial charge in [-0.2, -0.15) is 0 Å². The fourth-order valence-corrected chi connectivity index (χ4v) is 2.95. The van der Waals surface area contributed by atoms with Crippen molar-refractivity contribution in [3.05, 3.63) is 27.4 Å². The van der Waals surface area contributed by atoms with Crippen LogP contribution in [0.1, 0.15) is 30.2 Å². The molecule has 6 heteroatoms. The van der Waals surface area contributed by atoms with E-state index in [9.17, 15) is 14.7 Å². The number of hydrogen-bond donors (Lipinski definition) is 2. The SMILES string of the molecule is CNC(=O)c1c(O)c2ccsc2n(C(C)C)c1=O. The topological polar surface area (TPSA) is 71.3 Å². The van der Waals surface area contributed by atoms with Gasteiger partial charge >= 0.3 is 0 Å². The number of carbonyl (C=O) groups excluding carboxylic acids is 1. The van der Waals surface area contributed by atoms with Crippen LogP contribution in [0.15, 0.2) is 16.2 Å². The Bertz CT molecular complexity index is 670. The second-order valence-electron chi connectivity index (χ2n) is 4.21. The molecule has 0 fully saturated rings. The van der Waals surface area contributed by atoms with Gasteiger partial charge < -0.3 is 10.4 Å². The van der Waals surface area contributed by atoms with Crippen LogP contribution in [0.25, 0.3) is 10.2 Å². The summed E-state index contributed by atoms with van der Waals surface area (Å²) >= 11 is 1.37. The quantitative estimate of drug-likeness (QED) is 0.869. The Kier molecular flexibility index (Phi) is 3.13. The molecule has 5 nitrogen and oxygen atoms in total. The van der Waals surface area contributed by atoms with Crippen LogP contribution in [0, 0.1) is 0 Å². The summed E-state index contributed by atoms with van der Waals surface area (Å²) in [7, 11) is 1.43. The molecule has 1 amide bonds. The summed E-state index contributed by atoms with van der Waals surface area (Å²) in [4.78, 5) is 24.7. The molecule has 2 N–H and O–H groups in total. The maximum atomic E-state index is 12.3. The van der Waals surface area contributed by atoms with Gasteiger partial charge in [0.05, 0.1) is 5.39 Å². The molecule has 18 heavy (non-hydrogen) atoms. The number of nitrogens with one attached hydrogen (secondary N) is 1. The monoisotopic (exact) mass is 266 g/mol. The van der Waals surface area contributed by atoms with Gasteiger partial charge in [0, 0.05) is 13.1 Å². The van der Waals surface area contributed by atoms with Crippen molar-refractivity contribution in [1.82, 2.24) is 9.88 Å². The zero-order valence-electron chi connectivity index (χ0n) is 10.4.